The summed E-state index contributed by atoms with van der Waals surface area (Å²) >= 11 is 2.21. The molecule has 0 radical (unpaired) electrons. The highest BCUT2D eigenvalue weighted by molar-refractivity contribution is 14.1. The van der Waals surface area contributed by atoms with Crippen LogP contribution in [0.2, 0.25) is 0 Å². The fourth-order valence-corrected chi connectivity index (χ4v) is 0.526. The van der Waals surface area contributed by atoms with E-state index < -0.39 is 0 Å². The summed E-state index contributed by atoms with van der Waals surface area (Å²) in [7, 11) is 0. The zero-order chi connectivity index (χ0) is 5.54. The predicted octanol–water partition coefficient (Wildman–Crippen LogP) is 1.54. The average Bonchev–Trinajstić information content (AvgIpc) is 1.69. The van der Waals surface area contributed by atoms with Crippen molar-refractivity contribution in [1.82, 2.24) is 5.32 Å². The highest BCUT2D eigenvalue weighted by Gasteiger charge is 1.69. The molecule has 0 atom stereocenters. The number of halogens is 1. The summed E-state index contributed by atoms with van der Waals surface area (Å²) < 4.78 is 2.01. The van der Waals surface area contributed by atoms with Crippen LogP contribution in [0, 0.1) is 0 Å². The Kier molecular flexibility index (Phi) is 6.82. The van der Waals surface area contributed by atoms with E-state index in [-0.39, 0.29) is 0 Å². The number of nitrogens with one attached hydrogen (secondary N) is 1. The van der Waals surface area contributed by atoms with E-state index in [1.807, 2.05) is 4.08 Å². The second kappa shape index (κ2) is 6.43. The Morgan fingerprint density at radius 3 is 2.86 bits per heavy atom. The normalized spacial score (nSPS) is 10.6. The highest BCUT2D eigenvalue weighted by Crippen LogP contribution is 1.79. The summed E-state index contributed by atoms with van der Waals surface area (Å²) in [5, 5.41) is 3.16. The second-order valence-electron chi connectivity index (χ2n) is 1.17. The molecule has 0 bridgehead atoms. The van der Waals surface area contributed by atoms with Gasteiger partial charge in [-0.1, -0.05) is 35.6 Å². The third-order valence-electron chi connectivity index (χ3n) is 0.601. The molecule has 2 heteroatoms. The first-order valence-electron chi connectivity index (χ1n) is 2.37. The van der Waals surface area contributed by atoms with E-state index in [0.29, 0.717) is 0 Å². The van der Waals surface area contributed by atoms with Crippen LogP contribution in [-0.2, 0) is 0 Å². The molecular formula is C5H10IN. The third kappa shape index (κ3) is 6.43. The van der Waals surface area contributed by atoms with Crippen LogP contribution in [0.3, 0.4) is 0 Å². The summed E-state index contributed by atoms with van der Waals surface area (Å²) in [4.78, 5) is 0. The minimum atomic E-state index is 0.999. The maximum absolute atomic E-state index is 3.16. The largest absolute Gasteiger partial charge is 0.314 e. The molecule has 0 saturated carbocycles. The molecule has 42 valence electrons. The molecule has 0 aromatic carbocycles. The lowest BCUT2D eigenvalue weighted by Crippen LogP contribution is -2.11. The lowest BCUT2D eigenvalue weighted by molar-refractivity contribution is 0.800. The number of rotatable bonds is 3. The van der Waals surface area contributed by atoms with Crippen LogP contribution < -0.4 is 5.32 Å². The monoisotopic (exact) mass is 211 g/mol. The van der Waals surface area contributed by atoms with Gasteiger partial charge < -0.3 is 5.32 Å². The highest BCUT2D eigenvalue weighted by atomic mass is 127. The van der Waals surface area contributed by atoms with Gasteiger partial charge in [0.1, 0.15) is 0 Å². The molecule has 0 saturated heterocycles. The molecule has 1 N–H and O–H groups in total. The maximum Gasteiger partial charge on any atom is 0.0142 e. The maximum atomic E-state index is 3.16. The SMILES string of the molecule is CCNC/C=C/I. The molecule has 0 aliphatic carbocycles. The van der Waals surface area contributed by atoms with Gasteiger partial charge in [0.25, 0.3) is 0 Å². The second-order valence-corrected chi connectivity index (χ2v) is 1.89. The van der Waals surface area contributed by atoms with E-state index in [4.69, 9.17) is 0 Å². The van der Waals surface area contributed by atoms with Crippen molar-refractivity contribution < 1.29 is 0 Å². The van der Waals surface area contributed by atoms with Crippen LogP contribution in [0.5, 0.6) is 0 Å². The molecule has 0 unspecified atom stereocenters. The Hall–Kier alpha value is 0.430. The van der Waals surface area contributed by atoms with Crippen molar-refractivity contribution in [1.29, 1.82) is 0 Å². The van der Waals surface area contributed by atoms with Crippen molar-refractivity contribution >= 4 is 22.6 Å². The first-order valence-corrected chi connectivity index (χ1v) is 3.62. The Labute approximate surface area is 58.3 Å². The number of likely N-dealkylation sites (N-methyl/N-ethyl adjacent to an activating group) is 1. The predicted molar refractivity (Wildman–Crippen MR) is 41.7 cm³/mol. The zero-order valence-electron chi connectivity index (χ0n) is 4.45. The van der Waals surface area contributed by atoms with Gasteiger partial charge in [-0.25, -0.2) is 0 Å². The van der Waals surface area contributed by atoms with Crippen LogP contribution >= 0.6 is 22.6 Å². The van der Waals surface area contributed by atoms with Gasteiger partial charge in [0, 0.05) is 6.54 Å². The number of hydrogen-bond donors (Lipinski definition) is 1. The first-order chi connectivity index (χ1) is 3.41. The Bertz CT molecular complexity index is 52.0. The summed E-state index contributed by atoms with van der Waals surface area (Å²) in [5.74, 6) is 0. The Morgan fingerprint density at radius 2 is 2.43 bits per heavy atom. The van der Waals surface area contributed by atoms with Crippen molar-refractivity contribution in [2.24, 2.45) is 0 Å². The van der Waals surface area contributed by atoms with Crippen molar-refractivity contribution in [2.75, 3.05) is 13.1 Å². The molecule has 1 nitrogen and oxygen atoms in total. The number of hydrogen-bond acceptors (Lipinski definition) is 1. The molecule has 0 aliphatic heterocycles. The summed E-state index contributed by atoms with van der Waals surface area (Å²) in [5.41, 5.74) is 0. The molecule has 0 heterocycles. The molecular weight excluding hydrogens is 201 g/mol. The van der Waals surface area contributed by atoms with Crippen molar-refractivity contribution in [2.45, 2.75) is 6.92 Å². The lowest BCUT2D eigenvalue weighted by atomic mass is 10.6. The van der Waals surface area contributed by atoms with Gasteiger partial charge in [-0.15, -0.1) is 0 Å². The topological polar surface area (TPSA) is 12.0 Å². The fourth-order valence-electron chi connectivity index (χ4n) is 0.272. The minimum Gasteiger partial charge on any atom is -0.314 e. The Morgan fingerprint density at radius 1 is 1.71 bits per heavy atom. The molecule has 0 aromatic heterocycles. The summed E-state index contributed by atoms with van der Waals surface area (Å²) in [6.07, 6.45) is 2.09. The van der Waals surface area contributed by atoms with E-state index in [1.165, 1.54) is 0 Å². The lowest BCUT2D eigenvalue weighted by Gasteiger charge is -1.89. The quantitative estimate of drug-likeness (QED) is 0.551. The van der Waals surface area contributed by atoms with Gasteiger partial charge >= 0.3 is 0 Å². The molecule has 0 aliphatic rings. The zero-order valence-corrected chi connectivity index (χ0v) is 6.60. The van der Waals surface area contributed by atoms with Crippen molar-refractivity contribution in [3.05, 3.63) is 10.2 Å². The van der Waals surface area contributed by atoms with E-state index >= 15 is 0 Å². The van der Waals surface area contributed by atoms with Gasteiger partial charge in [-0.3, -0.25) is 0 Å². The van der Waals surface area contributed by atoms with E-state index in [0.717, 1.165) is 13.1 Å². The standard InChI is InChI=1S/C5H10IN/c1-2-7-5-3-4-6/h3-4,7H,2,5H2,1H3/b4-3+. The van der Waals surface area contributed by atoms with E-state index in [1.54, 1.807) is 0 Å². The Balaban J connectivity index is 2.69. The molecule has 0 spiro atoms. The van der Waals surface area contributed by atoms with Crippen LogP contribution in [0.25, 0.3) is 0 Å². The van der Waals surface area contributed by atoms with E-state index in [9.17, 15) is 0 Å². The van der Waals surface area contributed by atoms with Gasteiger partial charge in [-0.2, -0.15) is 0 Å². The van der Waals surface area contributed by atoms with Crippen molar-refractivity contribution in [3.63, 3.8) is 0 Å². The summed E-state index contributed by atoms with van der Waals surface area (Å²) in [6, 6.07) is 0. The molecule has 7 heavy (non-hydrogen) atoms. The van der Waals surface area contributed by atoms with E-state index in [2.05, 4.69) is 40.9 Å². The van der Waals surface area contributed by atoms with Gasteiger partial charge in [-0.05, 0) is 10.6 Å². The van der Waals surface area contributed by atoms with Crippen LogP contribution in [0.4, 0.5) is 0 Å². The summed E-state index contributed by atoms with van der Waals surface area (Å²) in [6.45, 7) is 4.15. The average molecular weight is 211 g/mol. The molecule has 0 rings (SSSR count). The fraction of sp³-hybridized carbons (Fsp3) is 0.600. The molecule has 0 amide bonds. The van der Waals surface area contributed by atoms with Crippen LogP contribution in [0.1, 0.15) is 6.92 Å². The molecule has 0 aromatic rings. The van der Waals surface area contributed by atoms with Gasteiger partial charge in [0.05, 0.1) is 0 Å². The smallest absolute Gasteiger partial charge is 0.0142 e. The van der Waals surface area contributed by atoms with Gasteiger partial charge in [0.2, 0.25) is 0 Å². The van der Waals surface area contributed by atoms with Crippen LogP contribution in [-0.4, -0.2) is 13.1 Å². The minimum absolute atomic E-state index is 0.999. The van der Waals surface area contributed by atoms with Crippen molar-refractivity contribution in [3.8, 4) is 0 Å². The van der Waals surface area contributed by atoms with Crippen LogP contribution in [0.15, 0.2) is 10.2 Å². The third-order valence-corrected chi connectivity index (χ3v) is 1.11. The first kappa shape index (κ1) is 7.43. The molecule has 0 fully saturated rings. The van der Waals surface area contributed by atoms with Gasteiger partial charge in [0.15, 0.2) is 0 Å².